The summed E-state index contributed by atoms with van der Waals surface area (Å²) in [5.41, 5.74) is 0. The number of rotatable bonds is 3. The Morgan fingerprint density at radius 2 is 2.32 bits per heavy atom. The van der Waals surface area contributed by atoms with Crippen molar-refractivity contribution in [3.05, 3.63) is 0 Å². The maximum absolute atomic E-state index is 12.3. The van der Waals surface area contributed by atoms with Crippen LogP contribution in [0.15, 0.2) is 0 Å². The highest BCUT2D eigenvalue weighted by molar-refractivity contribution is 5.95. The van der Waals surface area contributed by atoms with Gasteiger partial charge in [-0.25, -0.2) is 0 Å². The maximum Gasteiger partial charge on any atom is 0.249 e. The van der Waals surface area contributed by atoms with Gasteiger partial charge in [-0.1, -0.05) is 5.92 Å². The van der Waals surface area contributed by atoms with Crippen LogP contribution in [0.3, 0.4) is 0 Å². The molecule has 2 fully saturated rings. The summed E-state index contributed by atoms with van der Waals surface area (Å²) in [5.74, 6) is 1.82. The molecule has 3 atom stereocenters. The average Bonchev–Trinajstić information content (AvgIpc) is 2.43. The van der Waals surface area contributed by atoms with E-state index in [1.54, 1.807) is 0 Å². The van der Waals surface area contributed by atoms with E-state index >= 15 is 0 Å². The second kappa shape index (κ2) is 5.57. The van der Waals surface area contributed by atoms with Crippen LogP contribution in [0.25, 0.3) is 0 Å². The Morgan fingerprint density at radius 3 is 2.89 bits per heavy atom. The third kappa shape index (κ3) is 2.42. The summed E-state index contributed by atoms with van der Waals surface area (Å²) in [6.45, 7) is -0.176. The SMILES string of the molecule is C#CCN1CC(=O)N2CC(OC)O[C@@H](CO)[C@H]2C1=O. The van der Waals surface area contributed by atoms with E-state index in [2.05, 4.69) is 5.92 Å². The molecular formula is C12H16N2O5. The molecule has 19 heavy (non-hydrogen) atoms. The average molecular weight is 268 g/mol. The van der Waals surface area contributed by atoms with E-state index in [1.807, 2.05) is 0 Å². The minimum Gasteiger partial charge on any atom is -0.394 e. The first-order valence-electron chi connectivity index (χ1n) is 5.93. The minimum absolute atomic E-state index is 0.0475. The summed E-state index contributed by atoms with van der Waals surface area (Å²) in [6, 6.07) is -0.828. The lowest BCUT2D eigenvalue weighted by Crippen LogP contribution is -2.69. The summed E-state index contributed by atoms with van der Waals surface area (Å²) >= 11 is 0. The normalized spacial score (nSPS) is 31.1. The van der Waals surface area contributed by atoms with Crippen molar-refractivity contribution in [1.82, 2.24) is 9.80 Å². The third-order valence-corrected chi connectivity index (χ3v) is 3.30. The molecule has 2 heterocycles. The van der Waals surface area contributed by atoms with Gasteiger partial charge in [0, 0.05) is 7.11 Å². The molecule has 0 radical (unpaired) electrons. The van der Waals surface area contributed by atoms with Crippen LogP contribution in [0.4, 0.5) is 0 Å². The fourth-order valence-corrected chi connectivity index (χ4v) is 2.37. The van der Waals surface area contributed by atoms with Crippen LogP contribution in [-0.2, 0) is 19.1 Å². The number of aliphatic hydroxyl groups is 1. The van der Waals surface area contributed by atoms with Gasteiger partial charge >= 0.3 is 0 Å². The smallest absolute Gasteiger partial charge is 0.249 e. The van der Waals surface area contributed by atoms with Gasteiger partial charge in [0.25, 0.3) is 0 Å². The topological polar surface area (TPSA) is 79.3 Å². The Morgan fingerprint density at radius 1 is 1.58 bits per heavy atom. The first-order chi connectivity index (χ1) is 9.12. The first-order valence-corrected chi connectivity index (χ1v) is 5.93. The molecule has 0 aromatic carbocycles. The van der Waals surface area contributed by atoms with Crippen molar-refractivity contribution in [2.24, 2.45) is 0 Å². The molecule has 7 nitrogen and oxygen atoms in total. The number of carbonyl (C=O) groups excluding carboxylic acids is 2. The van der Waals surface area contributed by atoms with Gasteiger partial charge < -0.3 is 24.4 Å². The van der Waals surface area contributed by atoms with Gasteiger partial charge in [0.15, 0.2) is 6.29 Å². The fraction of sp³-hybridized carbons (Fsp3) is 0.667. The number of methoxy groups -OCH3 is 1. The molecule has 0 spiro atoms. The summed E-state index contributed by atoms with van der Waals surface area (Å²) < 4.78 is 10.5. The highest BCUT2D eigenvalue weighted by Crippen LogP contribution is 2.24. The zero-order valence-electron chi connectivity index (χ0n) is 10.6. The van der Waals surface area contributed by atoms with Crippen LogP contribution in [0, 0.1) is 12.3 Å². The highest BCUT2D eigenvalue weighted by atomic mass is 16.7. The number of hydrogen-bond donors (Lipinski definition) is 1. The molecule has 2 rings (SSSR count). The summed E-state index contributed by atoms with van der Waals surface area (Å²) in [7, 11) is 1.44. The predicted octanol–water partition coefficient (Wildman–Crippen LogP) is -1.98. The van der Waals surface area contributed by atoms with Crippen LogP contribution >= 0.6 is 0 Å². The lowest BCUT2D eigenvalue weighted by atomic mass is 10.0. The van der Waals surface area contributed by atoms with Crippen LogP contribution in [0.5, 0.6) is 0 Å². The molecule has 0 aromatic heterocycles. The molecule has 2 aliphatic heterocycles. The van der Waals surface area contributed by atoms with Crippen molar-refractivity contribution in [2.75, 3.05) is 33.4 Å². The van der Waals surface area contributed by atoms with E-state index in [4.69, 9.17) is 15.9 Å². The number of hydrogen-bond acceptors (Lipinski definition) is 5. The maximum atomic E-state index is 12.3. The van der Waals surface area contributed by atoms with E-state index in [0.717, 1.165) is 0 Å². The number of ether oxygens (including phenoxy) is 2. The number of carbonyl (C=O) groups is 2. The van der Waals surface area contributed by atoms with Crippen molar-refractivity contribution in [1.29, 1.82) is 0 Å². The summed E-state index contributed by atoms with van der Waals surface area (Å²) in [4.78, 5) is 27.0. The molecule has 0 aromatic rings. The molecule has 1 N–H and O–H groups in total. The van der Waals surface area contributed by atoms with Gasteiger partial charge in [0.1, 0.15) is 18.7 Å². The van der Waals surface area contributed by atoms with E-state index in [-0.39, 0.29) is 38.1 Å². The van der Waals surface area contributed by atoms with E-state index in [1.165, 1.54) is 16.9 Å². The van der Waals surface area contributed by atoms with Crippen molar-refractivity contribution >= 4 is 11.8 Å². The van der Waals surface area contributed by atoms with Crippen LogP contribution in [0.2, 0.25) is 0 Å². The van der Waals surface area contributed by atoms with Crippen LogP contribution in [-0.4, -0.2) is 78.5 Å². The molecule has 2 amide bonds. The van der Waals surface area contributed by atoms with Crippen LogP contribution in [0.1, 0.15) is 0 Å². The third-order valence-electron chi connectivity index (χ3n) is 3.30. The van der Waals surface area contributed by atoms with Gasteiger partial charge in [-0.3, -0.25) is 9.59 Å². The molecular weight excluding hydrogens is 252 g/mol. The molecule has 2 saturated heterocycles. The molecule has 104 valence electrons. The zero-order chi connectivity index (χ0) is 14.0. The van der Waals surface area contributed by atoms with E-state index in [0.29, 0.717) is 0 Å². The minimum atomic E-state index is -0.828. The van der Waals surface area contributed by atoms with Gasteiger partial charge in [-0.2, -0.15) is 0 Å². The van der Waals surface area contributed by atoms with E-state index in [9.17, 15) is 14.7 Å². The number of amides is 2. The van der Waals surface area contributed by atoms with Crippen molar-refractivity contribution in [3.8, 4) is 12.3 Å². The lowest BCUT2D eigenvalue weighted by molar-refractivity contribution is -0.230. The fourth-order valence-electron chi connectivity index (χ4n) is 2.37. The molecule has 0 aliphatic carbocycles. The van der Waals surface area contributed by atoms with Gasteiger partial charge in [-0.15, -0.1) is 6.42 Å². The zero-order valence-corrected chi connectivity index (χ0v) is 10.6. The van der Waals surface area contributed by atoms with Crippen molar-refractivity contribution < 1.29 is 24.2 Å². The number of aliphatic hydroxyl groups excluding tert-OH is 1. The number of terminal acetylenes is 1. The quantitative estimate of drug-likeness (QED) is 0.600. The monoisotopic (exact) mass is 268 g/mol. The number of piperazine rings is 1. The molecule has 0 saturated carbocycles. The van der Waals surface area contributed by atoms with Gasteiger partial charge in [0.2, 0.25) is 11.8 Å². The Bertz CT molecular complexity index is 419. The Labute approximate surface area is 111 Å². The number of morpholine rings is 1. The lowest BCUT2D eigenvalue weighted by Gasteiger charge is -2.47. The molecule has 7 heteroatoms. The molecule has 2 aliphatic rings. The van der Waals surface area contributed by atoms with Gasteiger partial charge in [-0.05, 0) is 0 Å². The number of fused-ring (bicyclic) bond motifs is 1. The van der Waals surface area contributed by atoms with Gasteiger partial charge in [0.05, 0.1) is 19.7 Å². The predicted molar refractivity (Wildman–Crippen MR) is 63.7 cm³/mol. The second-order valence-electron chi connectivity index (χ2n) is 4.41. The summed E-state index contributed by atoms with van der Waals surface area (Å²) in [6.07, 6.45) is 3.75. The largest absolute Gasteiger partial charge is 0.394 e. The van der Waals surface area contributed by atoms with Crippen molar-refractivity contribution in [2.45, 2.75) is 18.4 Å². The Kier molecular flexibility index (Phi) is 4.04. The number of nitrogens with zero attached hydrogens (tertiary/aromatic N) is 2. The Hall–Kier alpha value is -1.62. The van der Waals surface area contributed by atoms with E-state index < -0.39 is 18.4 Å². The molecule has 0 bridgehead atoms. The standard InChI is InChI=1S/C12H16N2O5/c1-3-4-13-5-9(16)14-6-10(18-2)19-8(7-15)11(14)12(13)17/h1,8,10-11,15H,4-7H2,2H3/t8-,10?,11-/m0/s1. The summed E-state index contributed by atoms with van der Waals surface area (Å²) in [5, 5.41) is 9.33. The van der Waals surface area contributed by atoms with Crippen LogP contribution < -0.4 is 0 Å². The second-order valence-corrected chi connectivity index (χ2v) is 4.41. The van der Waals surface area contributed by atoms with Crippen molar-refractivity contribution in [3.63, 3.8) is 0 Å². The molecule has 1 unspecified atom stereocenters. The first kappa shape index (κ1) is 13.8. The highest BCUT2D eigenvalue weighted by Gasteiger charge is 2.48. The Balaban J connectivity index is 2.24.